The van der Waals surface area contributed by atoms with Gasteiger partial charge in [0.1, 0.15) is 0 Å². The van der Waals surface area contributed by atoms with E-state index in [0.717, 1.165) is 51.5 Å². The molecule has 3 nitrogen and oxygen atoms in total. The van der Waals surface area contributed by atoms with Crippen molar-refractivity contribution in [3.8, 4) is 0 Å². The van der Waals surface area contributed by atoms with E-state index < -0.39 is 0 Å². The van der Waals surface area contributed by atoms with Crippen LogP contribution < -0.4 is 5.32 Å². The number of hydrogen-bond acceptors (Lipinski definition) is 2. The standard InChI is InChI=1S/C26H37NO2/c1-3-27-26(29)14-7-5-11-21-16-22-18-25(28)23(24(22)17-21)13-6-4-10-20-12-8-9-19(2)15-20/h6,8-9,12-13,15-16,22-25,28H,3-5,7,10-11,14,17-18H2,1-2H3,(H,27,29)/t22-,23+,24-,25+/m0/s1. The highest BCUT2D eigenvalue weighted by molar-refractivity contribution is 5.75. The van der Waals surface area contributed by atoms with E-state index in [-0.39, 0.29) is 12.0 Å². The Morgan fingerprint density at radius 3 is 2.93 bits per heavy atom. The van der Waals surface area contributed by atoms with Crippen molar-refractivity contribution in [2.75, 3.05) is 6.54 Å². The van der Waals surface area contributed by atoms with Gasteiger partial charge >= 0.3 is 0 Å². The summed E-state index contributed by atoms with van der Waals surface area (Å²) in [6.45, 7) is 4.82. The first-order chi connectivity index (χ1) is 14.1. The first-order valence-electron chi connectivity index (χ1n) is 11.4. The van der Waals surface area contributed by atoms with Crippen LogP contribution >= 0.6 is 0 Å². The van der Waals surface area contributed by atoms with Gasteiger partial charge in [0, 0.05) is 18.9 Å². The fourth-order valence-corrected chi connectivity index (χ4v) is 5.08. The number of unbranched alkanes of at least 4 members (excludes halogenated alkanes) is 1. The number of benzene rings is 1. The number of aliphatic hydroxyl groups excluding tert-OH is 1. The lowest BCUT2D eigenvalue weighted by Crippen LogP contribution is -2.22. The summed E-state index contributed by atoms with van der Waals surface area (Å²) in [4.78, 5) is 11.5. The molecular formula is C26H37NO2. The summed E-state index contributed by atoms with van der Waals surface area (Å²) in [6.07, 6.45) is 14.7. The topological polar surface area (TPSA) is 49.3 Å². The predicted molar refractivity (Wildman–Crippen MR) is 120 cm³/mol. The third-order valence-corrected chi connectivity index (χ3v) is 6.52. The number of nitrogens with one attached hydrogen (secondary N) is 1. The van der Waals surface area contributed by atoms with Crippen molar-refractivity contribution < 1.29 is 9.90 Å². The summed E-state index contributed by atoms with van der Waals surface area (Å²) < 4.78 is 0. The molecule has 0 unspecified atom stereocenters. The fraction of sp³-hybridized carbons (Fsp3) is 0.577. The van der Waals surface area contributed by atoms with Crippen molar-refractivity contribution in [3.63, 3.8) is 0 Å². The smallest absolute Gasteiger partial charge is 0.219 e. The second kappa shape index (κ2) is 10.8. The Labute approximate surface area is 176 Å². The number of rotatable bonds is 10. The average Bonchev–Trinajstić information content (AvgIpc) is 3.20. The lowest BCUT2D eigenvalue weighted by atomic mass is 9.88. The molecule has 0 bridgehead atoms. The van der Waals surface area contributed by atoms with Gasteiger partial charge in [0.05, 0.1) is 6.10 Å². The van der Waals surface area contributed by atoms with Crippen LogP contribution in [0.2, 0.25) is 0 Å². The fourth-order valence-electron chi connectivity index (χ4n) is 5.08. The van der Waals surface area contributed by atoms with Crippen LogP contribution in [0.25, 0.3) is 0 Å². The van der Waals surface area contributed by atoms with Crippen LogP contribution in [0.1, 0.15) is 63.0 Å². The van der Waals surface area contributed by atoms with E-state index in [0.29, 0.717) is 24.2 Å². The Bertz CT molecular complexity index is 736. The van der Waals surface area contributed by atoms with Crippen molar-refractivity contribution >= 4 is 5.91 Å². The first kappa shape index (κ1) is 21.8. The van der Waals surface area contributed by atoms with Crippen LogP contribution in [0.3, 0.4) is 0 Å². The monoisotopic (exact) mass is 395 g/mol. The summed E-state index contributed by atoms with van der Waals surface area (Å²) >= 11 is 0. The van der Waals surface area contributed by atoms with E-state index in [9.17, 15) is 9.90 Å². The lowest BCUT2D eigenvalue weighted by Gasteiger charge is -2.18. The Morgan fingerprint density at radius 1 is 1.28 bits per heavy atom. The maximum Gasteiger partial charge on any atom is 0.219 e. The first-order valence-corrected chi connectivity index (χ1v) is 11.4. The SMILES string of the molecule is CCNC(=O)CCCCC1=C[C@H]2C[C@@H](O)[C@H](C=CCCc3cccc(C)c3)[C@H]2C1. The molecule has 0 aromatic heterocycles. The van der Waals surface area contributed by atoms with E-state index >= 15 is 0 Å². The number of aliphatic hydroxyl groups is 1. The van der Waals surface area contributed by atoms with Gasteiger partial charge in [0.15, 0.2) is 0 Å². The minimum absolute atomic E-state index is 0.170. The molecule has 1 fully saturated rings. The number of amides is 1. The Hall–Kier alpha value is -1.87. The summed E-state index contributed by atoms with van der Waals surface area (Å²) in [5, 5.41) is 13.4. The maximum atomic E-state index is 11.5. The molecule has 1 aromatic rings. The maximum absolute atomic E-state index is 11.5. The molecule has 2 aliphatic rings. The Balaban J connectivity index is 1.42. The van der Waals surface area contributed by atoms with Gasteiger partial charge in [-0.15, -0.1) is 0 Å². The number of hydrogen-bond donors (Lipinski definition) is 2. The molecule has 1 saturated carbocycles. The largest absolute Gasteiger partial charge is 0.392 e. The zero-order valence-electron chi connectivity index (χ0n) is 18.1. The van der Waals surface area contributed by atoms with Crippen molar-refractivity contribution in [1.82, 2.24) is 5.32 Å². The zero-order valence-corrected chi connectivity index (χ0v) is 18.1. The van der Waals surface area contributed by atoms with E-state index in [4.69, 9.17) is 0 Å². The van der Waals surface area contributed by atoms with E-state index in [1.807, 2.05) is 6.92 Å². The normalized spacial score (nSPS) is 26.0. The number of aryl methyl sites for hydroxylation is 2. The zero-order chi connectivity index (χ0) is 20.6. The van der Waals surface area contributed by atoms with Crippen LogP contribution in [-0.4, -0.2) is 23.7 Å². The number of carbonyl (C=O) groups is 1. The molecule has 0 aliphatic heterocycles. The highest BCUT2D eigenvalue weighted by Crippen LogP contribution is 2.48. The number of fused-ring (bicyclic) bond motifs is 1. The third-order valence-electron chi connectivity index (χ3n) is 6.52. The van der Waals surface area contributed by atoms with Gasteiger partial charge in [-0.25, -0.2) is 0 Å². The Kier molecular flexibility index (Phi) is 8.11. The second-order valence-corrected chi connectivity index (χ2v) is 8.85. The molecule has 0 saturated heterocycles. The molecule has 4 atom stereocenters. The van der Waals surface area contributed by atoms with Gasteiger partial charge < -0.3 is 10.4 Å². The van der Waals surface area contributed by atoms with Crippen molar-refractivity contribution in [1.29, 1.82) is 0 Å². The minimum Gasteiger partial charge on any atom is -0.392 e. The van der Waals surface area contributed by atoms with Gasteiger partial charge in [0.25, 0.3) is 0 Å². The molecule has 3 heteroatoms. The summed E-state index contributed by atoms with van der Waals surface area (Å²) in [5.74, 6) is 1.57. The molecule has 1 amide bonds. The highest BCUT2D eigenvalue weighted by Gasteiger charge is 2.42. The molecule has 2 N–H and O–H groups in total. The van der Waals surface area contributed by atoms with E-state index in [1.165, 1.54) is 11.1 Å². The summed E-state index contributed by atoms with van der Waals surface area (Å²) in [5.41, 5.74) is 4.24. The van der Waals surface area contributed by atoms with E-state index in [2.05, 4.69) is 54.7 Å². The van der Waals surface area contributed by atoms with Gasteiger partial charge in [-0.3, -0.25) is 4.79 Å². The Morgan fingerprint density at radius 2 is 2.14 bits per heavy atom. The molecule has 3 rings (SSSR count). The van der Waals surface area contributed by atoms with Gasteiger partial charge in [-0.1, -0.05) is 53.6 Å². The lowest BCUT2D eigenvalue weighted by molar-refractivity contribution is -0.121. The molecule has 2 aliphatic carbocycles. The molecule has 158 valence electrons. The second-order valence-electron chi connectivity index (χ2n) is 8.85. The number of allylic oxidation sites excluding steroid dienone is 3. The number of carbonyl (C=O) groups excluding carboxylic acids is 1. The van der Waals surface area contributed by atoms with Crippen LogP contribution in [-0.2, 0) is 11.2 Å². The predicted octanol–water partition coefficient (Wildman–Crippen LogP) is 5.12. The van der Waals surface area contributed by atoms with Crippen LogP contribution in [0.15, 0.2) is 48.1 Å². The van der Waals surface area contributed by atoms with Crippen LogP contribution in [0.5, 0.6) is 0 Å². The minimum atomic E-state index is -0.198. The van der Waals surface area contributed by atoms with E-state index in [1.54, 1.807) is 5.57 Å². The third kappa shape index (κ3) is 6.30. The van der Waals surface area contributed by atoms with Crippen molar-refractivity contribution in [2.24, 2.45) is 17.8 Å². The molecule has 29 heavy (non-hydrogen) atoms. The van der Waals surface area contributed by atoms with Gasteiger partial charge in [-0.2, -0.15) is 0 Å². The van der Waals surface area contributed by atoms with Gasteiger partial charge in [0.2, 0.25) is 5.91 Å². The average molecular weight is 396 g/mol. The molecule has 1 aromatic carbocycles. The quantitative estimate of drug-likeness (QED) is 0.426. The van der Waals surface area contributed by atoms with Gasteiger partial charge in [-0.05, 0) is 76.2 Å². The highest BCUT2D eigenvalue weighted by atomic mass is 16.3. The summed E-state index contributed by atoms with van der Waals surface area (Å²) in [6, 6.07) is 8.72. The molecular weight excluding hydrogens is 358 g/mol. The van der Waals surface area contributed by atoms with Crippen LogP contribution in [0.4, 0.5) is 0 Å². The summed E-state index contributed by atoms with van der Waals surface area (Å²) in [7, 11) is 0. The van der Waals surface area contributed by atoms with Crippen molar-refractivity contribution in [3.05, 3.63) is 59.2 Å². The molecule has 0 radical (unpaired) electrons. The molecule has 0 spiro atoms. The van der Waals surface area contributed by atoms with Crippen LogP contribution in [0, 0.1) is 24.7 Å². The van der Waals surface area contributed by atoms with Crippen molar-refractivity contribution in [2.45, 2.75) is 71.3 Å². The molecule has 0 heterocycles.